The maximum atomic E-state index is 11.7. The van der Waals surface area contributed by atoms with E-state index in [2.05, 4.69) is 64.1 Å². The number of halogens is 1. The van der Waals surface area contributed by atoms with Gasteiger partial charge in [0.15, 0.2) is 5.96 Å². The van der Waals surface area contributed by atoms with Gasteiger partial charge in [0.25, 0.3) is 0 Å². The Kier molecular flexibility index (Phi) is 15.8. The van der Waals surface area contributed by atoms with Gasteiger partial charge in [0.1, 0.15) is 0 Å². The number of carbonyl (C=O) groups is 1. The predicted octanol–water partition coefficient (Wildman–Crippen LogP) is 2.99. The molecule has 1 atom stereocenters. The first-order valence-corrected chi connectivity index (χ1v) is 10.1. The molecule has 7 heteroatoms. The molecule has 160 valence electrons. The van der Waals surface area contributed by atoms with Crippen molar-refractivity contribution in [2.45, 2.75) is 52.6 Å². The van der Waals surface area contributed by atoms with Crippen molar-refractivity contribution in [3.63, 3.8) is 0 Å². The summed E-state index contributed by atoms with van der Waals surface area (Å²) in [6, 6.07) is 11.0. The molecule has 0 aliphatic rings. The Bertz CT molecular complexity index is 553. The van der Waals surface area contributed by atoms with Gasteiger partial charge >= 0.3 is 0 Å². The maximum absolute atomic E-state index is 11.7. The van der Waals surface area contributed by atoms with Gasteiger partial charge in [-0.1, -0.05) is 37.3 Å². The zero-order chi connectivity index (χ0) is 19.9. The number of carbonyl (C=O) groups excluding carboxylic acids is 1. The Morgan fingerprint density at radius 1 is 1.11 bits per heavy atom. The van der Waals surface area contributed by atoms with E-state index in [0.717, 1.165) is 45.0 Å². The van der Waals surface area contributed by atoms with Crippen LogP contribution in [0.25, 0.3) is 0 Å². The van der Waals surface area contributed by atoms with Crippen molar-refractivity contribution in [3.8, 4) is 0 Å². The molecule has 0 saturated carbocycles. The van der Waals surface area contributed by atoms with Crippen LogP contribution in [0.2, 0.25) is 0 Å². The number of hydrogen-bond acceptors (Lipinski definition) is 3. The van der Waals surface area contributed by atoms with Crippen molar-refractivity contribution in [2.75, 3.05) is 33.2 Å². The number of aliphatic imine (C=N–C) groups is 1. The van der Waals surface area contributed by atoms with Gasteiger partial charge in [-0.3, -0.25) is 14.7 Å². The normalized spacial score (nSPS) is 12.2. The van der Waals surface area contributed by atoms with E-state index < -0.39 is 0 Å². The predicted molar refractivity (Wildman–Crippen MR) is 129 cm³/mol. The molecule has 0 heterocycles. The van der Waals surface area contributed by atoms with E-state index in [4.69, 9.17) is 0 Å². The fourth-order valence-electron chi connectivity index (χ4n) is 2.60. The number of rotatable bonds is 12. The summed E-state index contributed by atoms with van der Waals surface area (Å²) in [6.07, 6.45) is 2.40. The van der Waals surface area contributed by atoms with E-state index in [0.29, 0.717) is 19.0 Å². The van der Waals surface area contributed by atoms with Crippen LogP contribution in [-0.2, 0) is 11.3 Å². The van der Waals surface area contributed by atoms with Gasteiger partial charge in [-0.25, -0.2) is 0 Å². The van der Waals surface area contributed by atoms with Gasteiger partial charge < -0.3 is 16.0 Å². The van der Waals surface area contributed by atoms with Crippen molar-refractivity contribution >= 4 is 35.8 Å². The fraction of sp³-hybridized carbons (Fsp3) is 0.619. The summed E-state index contributed by atoms with van der Waals surface area (Å²) in [5, 5.41) is 9.35. The Hall–Kier alpha value is -1.35. The highest BCUT2D eigenvalue weighted by atomic mass is 127. The summed E-state index contributed by atoms with van der Waals surface area (Å²) in [5.41, 5.74) is 1.33. The number of nitrogens with one attached hydrogen (secondary N) is 3. The van der Waals surface area contributed by atoms with E-state index in [1.165, 1.54) is 5.56 Å². The van der Waals surface area contributed by atoms with E-state index in [9.17, 15) is 4.79 Å². The highest BCUT2D eigenvalue weighted by Gasteiger charge is 2.09. The van der Waals surface area contributed by atoms with Crippen LogP contribution in [-0.4, -0.2) is 56.0 Å². The average molecular weight is 503 g/mol. The molecule has 28 heavy (non-hydrogen) atoms. The Morgan fingerprint density at radius 2 is 1.82 bits per heavy atom. The third-order valence-electron chi connectivity index (χ3n) is 4.40. The molecule has 1 aromatic carbocycles. The third-order valence-corrected chi connectivity index (χ3v) is 4.40. The Morgan fingerprint density at radius 3 is 2.46 bits per heavy atom. The van der Waals surface area contributed by atoms with Crippen LogP contribution < -0.4 is 16.0 Å². The molecule has 0 saturated heterocycles. The van der Waals surface area contributed by atoms with Gasteiger partial charge in [0, 0.05) is 45.2 Å². The van der Waals surface area contributed by atoms with E-state index >= 15 is 0 Å². The molecule has 1 unspecified atom stereocenters. The van der Waals surface area contributed by atoms with Gasteiger partial charge in [-0.2, -0.15) is 0 Å². The van der Waals surface area contributed by atoms with Crippen molar-refractivity contribution in [1.29, 1.82) is 0 Å². The number of guanidine groups is 1. The number of nitrogens with zero attached hydrogens (tertiary/aromatic N) is 2. The second kappa shape index (κ2) is 16.6. The van der Waals surface area contributed by atoms with Crippen LogP contribution in [0.5, 0.6) is 0 Å². The molecule has 0 fully saturated rings. The molecule has 3 N–H and O–H groups in total. The van der Waals surface area contributed by atoms with Crippen LogP contribution in [0, 0.1) is 0 Å². The van der Waals surface area contributed by atoms with Crippen LogP contribution in [0.4, 0.5) is 0 Å². The number of amides is 1. The molecule has 0 aliphatic carbocycles. The van der Waals surface area contributed by atoms with Crippen molar-refractivity contribution in [3.05, 3.63) is 35.9 Å². The topological polar surface area (TPSA) is 68.8 Å². The zero-order valence-electron chi connectivity index (χ0n) is 17.8. The SMILES string of the molecule is CCCNC(=O)CCNC(=NCCC(C)N(C)Cc1ccccc1)NCC.I. The molecule has 0 aliphatic heterocycles. The summed E-state index contributed by atoms with van der Waals surface area (Å²) < 4.78 is 0. The van der Waals surface area contributed by atoms with Crippen molar-refractivity contribution in [1.82, 2.24) is 20.9 Å². The summed E-state index contributed by atoms with van der Waals surface area (Å²) in [5.74, 6) is 0.857. The quantitative estimate of drug-likeness (QED) is 0.233. The first-order valence-electron chi connectivity index (χ1n) is 10.1. The molecular formula is C21H38IN5O. The summed E-state index contributed by atoms with van der Waals surface area (Å²) in [7, 11) is 2.15. The lowest BCUT2D eigenvalue weighted by Crippen LogP contribution is -2.39. The van der Waals surface area contributed by atoms with Crippen LogP contribution in [0.1, 0.15) is 45.6 Å². The Labute approximate surface area is 188 Å². The smallest absolute Gasteiger partial charge is 0.221 e. The van der Waals surface area contributed by atoms with Gasteiger partial charge in [0.2, 0.25) is 5.91 Å². The number of hydrogen-bond donors (Lipinski definition) is 3. The molecule has 1 amide bonds. The zero-order valence-corrected chi connectivity index (χ0v) is 20.2. The summed E-state index contributed by atoms with van der Waals surface area (Å²) in [4.78, 5) is 18.6. The minimum atomic E-state index is 0. The second-order valence-corrected chi connectivity index (χ2v) is 6.83. The summed E-state index contributed by atoms with van der Waals surface area (Å²) in [6.45, 7) is 10.1. The first kappa shape index (κ1) is 26.6. The summed E-state index contributed by atoms with van der Waals surface area (Å²) >= 11 is 0. The molecule has 1 aromatic rings. The third kappa shape index (κ3) is 12.2. The molecular weight excluding hydrogens is 465 g/mol. The minimum Gasteiger partial charge on any atom is -0.357 e. The first-order chi connectivity index (χ1) is 13.1. The van der Waals surface area contributed by atoms with Gasteiger partial charge in [-0.05, 0) is 39.3 Å². The molecule has 1 rings (SSSR count). The standard InChI is InChI=1S/C21H37N5O.HI/c1-5-14-23-20(27)13-16-25-21(22-6-2)24-15-12-18(3)26(4)17-19-10-8-7-9-11-19;/h7-11,18H,5-6,12-17H2,1-4H3,(H,23,27)(H2,22,24,25);1H. The van der Waals surface area contributed by atoms with Crippen LogP contribution in [0.15, 0.2) is 35.3 Å². The maximum Gasteiger partial charge on any atom is 0.221 e. The lowest BCUT2D eigenvalue weighted by Gasteiger charge is -2.24. The van der Waals surface area contributed by atoms with E-state index in [1.807, 2.05) is 19.9 Å². The minimum absolute atomic E-state index is 0. The van der Waals surface area contributed by atoms with Crippen molar-refractivity contribution in [2.24, 2.45) is 4.99 Å². The molecule has 0 aromatic heterocycles. The van der Waals surface area contributed by atoms with Crippen LogP contribution in [0.3, 0.4) is 0 Å². The van der Waals surface area contributed by atoms with Crippen LogP contribution >= 0.6 is 24.0 Å². The second-order valence-electron chi connectivity index (χ2n) is 6.83. The highest BCUT2D eigenvalue weighted by molar-refractivity contribution is 14.0. The largest absolute Gasteiger partial charge is 0.357 e. The Balaban J connectivity index is 0.00000729. The van der Waals surface area contributed by atoms with E-state index in [1.54, 1.807) is 0 Å². The molecule has 0 spiro atoms. The highest BCUT2D eigenvalue weighted by Crippen LogP contribution is 2.08. The van der Waals surface area contributed by atoms with Gasteiger partial charge in [0.05, 0.1) is 0 Å². The molecule has 6 nitrogen and oxygen atoms in total. The monoisotopic (exact) mass is 503 g/mol. The molecule has 0 radical (unpaired) electrons. The fourth-order valence-corrected chi connectivity index (χ4v) is 2.60. The average Bonchev–Trinajstić information content (AvgIpc) is 2.67. The lowest BCUT2D eigenvalue weighted by atomic mass is 10.1. The molecule has 0 bridgehead atoms. The van der Waals surface area contributed by atoms with Crippen molar-refractivity contribution < 1.29 is 4.79 Å². The van der Waals surface area contributed by atoms with E-state index in [-0.39, 0.29) is 29.9 Å². The number of benzene rings is 1. The van der Waals surface area contributed by atoms with Gasteiger partial charge in [-0.15, -0.1) is 24.0 Å². The lowest BCUT2D eigenvalue weighted by molar-refractivity contribution is -0.120.